The molecule has 1 aliphatic heterocycles. The van der Waals surface area contributed by atoms with E-state index in [-0.39, 0.29) is 17.4 Å². The number of amides is 2. The molecule has 2 aromatic heterocycles. The summed E-state index contributed by atoms with van der Waals surface area (Å²) in [6.45, 7) is 2.35. The van der Waals surface area contributed by atoms with Crippen LogP contribution in [-0.2, 0) is 4.79 Å². The fourth-order valence-corrected chi connectivity index (χ4v) is 7.60. The van der Waals surface area contributed by atoms with Crippen LogP contribution in [0.15, 0.2) is 94.9 Å². The number of carbonyl (C=O) groups is 2. The van der Waals surface area contributed by atoms with Gasteiger partial charge in [-0.1, -0.05) is 78.3 Å². The molecule has 0 spiro atoms. The molecule has 0 N–H and O–H groups in total. The number of halogens is 1. The Labute approximate surface area is 250 Å². The van der Waals surface area contributed by atoms with Gasteiger partial charge >= 0.3 is 0 Å². The standard InChI is InChI=1S/C32H26ClN3O3S2/c1-20-26(21-10-4-2-5-11-21)27-28(40-20)34-32(36(31(27)39)24-12-6-3-7-13-24)41-25-14-8-9-19-35(30(25)38)29(37)22-15-17-23(33)18-16-22/h2-7,10-13,15-18,25H,8-9,14,19H2,1H3. The van der Waals surface area contributed by atoms with E-state index in [9.17, 15) is 14.4 Å². The van der Waals surface area contributed by atoms with Gasteiger partial charge in [0.1, 0.15) is 4.83 Å². The third-order valence-corrected chi connectivity index (χ3v) is 9.63. The molecule has 6 nitrogen and oxygen atoms in total. The van der Waals surface area contributed by atoms with Gasteiger partial charge in [-0.3, -0.25) is 23.9 Å². The Hall–Kier alpha value is -3.72. The van der Waals surface area contributed by atoms with Crippen molar-refractivity contribution in [3.05, 3.63) is 111 Å². The predicted molar refractivity (Wildman–Crippen MR) is 166 cm³/mol. The Balaban J connectivity index is 1.44. The lowest BCUT2D eigenvalue weighted by molar-refractivity contribution is -0.127. The second kappa shape index (κ2) is 11.6. The number of aromatic nitrogens is 2. The molecule has 0 saturated carbocycles. The maximum atomic E-state index is 14.3. The molecule has 6 rings (SSSR count). The van der Waals surface area contributed by atoms with Gasteiger partial charge in [-0.25, -0.2) is 4.98 Å². The summed E-state index contributed by atoms with van der Waals surface area (Å²) in [6.07, 6.45) is 2.07. The molecule has 41 heavy (non-hydrogen) atoms. The minimum absolute atomic E-state index is 0.179. The molecule has 1 fully saturated rings. The van der Waals surface area contributed by atoms with Gasteiger partial charge in [-0.05, 0) is 61.7 Å². The molecule has 1 unspecified atom stereocenters. The van der Waals surface area contributed by atoms with Crippen LogP contribution in [-0.4, -0.2) is 38.1 Å². The van der Waals surface area contributed by atoms with E-state index in [1.165, 1.54) is 28.0 Å². The van der Waals surface area contributed by atoms with Crippen LogP contribution < -0.4 is 5.56 Å². The summed E-state index contributed by atoms with van der Waals surface area (Å²) < 4.78 is 1.61. The second-order valence-corrected chi connectivity index (χ2v) is 12.7. The first-order valence-corrected chi connectivity index (χ1v) is 15.4. The van der Waals surface area contributed by atoms with Crippen LogP contribution in [0, 0.1) is 6.92 Å². The number of thioether (sulfide) groups is 1. The lowest BCUT2D eigenvalue weighted by atomic mass is 10.0. The van der Waals surface area contributed by atoms with Gasteiger partial charge in [0.15, 0.2) is 5.16 Å². The van der Waals surface area contributed by atoms with Crippen LogP contribution in [0.2, 0.25) is 5.02 Å². The number of imide groups is 1. The van der Waals surface area contributed by atoms with Gasteiger partial charge in [0.2, 0.25) is 5.91 Å². The van der Waals surface area contributed by atoms with E-state index in [0.717, 1.165) is 22.4 Å². The summed E-state index contributed by atoms with van der Waals surface area (Å²) in [5.74, 6) is -0.613. The zero-order valence-corrected chi connectivity index (χ0v) is 24.6. The van der Waals surface area contributed by atoms with E-state index in [1.807, 2.05) is 67.6 Å². The Morgan fingerprint density at radius 1 is 0.951 bits per heavy atom. The first kappa shape index (κ1) is 27.4. The number of nitrogens with zero attached hydrogens (tertiary/aromatic N) is 3. The third-order valence-electron chi connectivity index (χ3n) is 7.17. The van der Waals surface area contributed by atoms with Crippen LogP contribution in [0.3, 0.4) is 0 Å². The molecule has 1 atom stereocenters. The van der Waals surface area contributed by atoms with Crippen molar-refractivity contribution in [1.82, 2.24) is 14.5 Å². The highest BCUT2D eigenvalue weighted by molar-refractivity contribution is 8.00. The molecule has 5 aromatic rings. The van der Waals surface area contributed by atoms with Gasteiger partial charge < -0.3 is 0 Å². The number of thiophene rings is 1. The molecule has 0 bridgehead atoms. The smallest absolute Gasteiger partial charge is 0.268 e. The molecule has 0 aliphatic carbocycles. The fourth-order valence-electron chi connectivity index (χ4n) is 5.17. The predicted octanol–water partition coefficient (Wildman–Crippen LogP) is 7.39. The number of carbonyl (C=O) groups excluding carboxylic acids is 2. The van der Waals surface area contributed by atoms with Crippen molar-refractivity contribution in [3.63, 3.8) is 0 Å². The van der Waals surface area contributed by atoms with Crippen molar-refractivity contribution in [2.45, 2.75) is 36.6 Å². The van der Waals surface area contributed by atoms with E-state index in [0.29, 0.717) is 51.0 Å². The summed E-state index contributed by atoms with van der Waals surface area (Å²) in [5.41, 5.74) is 2.76. The van der Waals surface area contributed by atoms with Crippen molar-refractivity contribution in [1.29, 1.82) is 0 Å². The summed E-state index contributed by atoms with van der Waals surface area (Å²) in [5, 5.41) is 0.965. The van der Waals surface area contributed by atoms with Gasteiger partial charge in [0.25, 0.3) is 11.5 Å². The number of hydrogen-bond donors (Lipinski definition) is 0. The van der Waals surface area contributed by atoms with Crippen LogP contribution in [0.25, 0.3) is 27.0 Å². The first-order valence-electron chi connectivity index (χ1n) is 13.4. The van der Waals surface area contributed by atoms with Crippen LogP contribution in [0.4, 0.5) is 0 Å². The molecule has 9 heteroatoms. The molecule has 0 radical (unpaired) electrons. The molecule has 1 aliphatic rings. The zero-order valence-electron chi connectivity index (χ0n) is 22.2. The molecule has 3 aromatic carbocycles. The van der Waals surface area contributed by atoms with Crippen LogP contribution in [0.1, 0.15) is 34.5 Å². The van der Waals surface area contributed by atoms with Gasteiger partial charge in [0.05, 0.1) is 16.3 Å². The third kappa shape index (κ3) is 5.35. The van der Waals surface area contributed by atoms with Crippen LogP contribution >= 0.6 is 34.7 Å². The van der Waals surface area contributed by atoms with Crippen molar-refractivity contribution < 1.29 is 9.59 Å². The Morgan fingerprint density at radius 3 is 2.34 bits per heavy atom. The lowest BCUT2D eigenvalue weighted by Gasteiger charge is -2.23. The van der Waals surface area contributed by atoms with E-state index in [4.69, 9.17) is 16.6 Å². The number of rotatable bonds is 5. The monoisotopic (exact) mass is 599 g/mol. The highest BCUT2D eigenvalue weighted by Crippen LogP contribution is 2.38. The highest BCUT2D eigenvalue weighted by Gasteiger charge is 2.34. The quantitative estimate of drug-likeness (QED) is 0.156. The molecule has 1 saturated heterocycles. The number of benzene rings is 3. The van der Waals surface area contributed by atoms with E-state index < -0.39 is 5.25 Å². The molecule has 2 amide bonds. The van der Waals surface area contributed by atoms with Gasteiger partial charge in [0, 0.05) is 27.6 Å². The summed E-state index contributed by atoms with van der Waals surface area (Å²) in [7, 11) is 0. The van der Waals surface area contributed by atoms with E-state index in [1.54, 1.807) is 28.8 Å². The average Bonchev–Trinajstić information content (AvgIpc) is 3.22. The Morgan fingerprint density at radius 2 is 1.63 bits per heavy atom. The van der Waals surface area contributed by atoms with E-state index in [2.05, 4.69) is 0 Å². The number of para-hydroxylation sites is 1. The van der Waals surface area contributed by atoms with Crippen molar-refractivity contribution in [2.24, 2.45) is 0 Å². The van der Waals surface area contributed by atoms with E-state index >= 15 is 0 Å². The molecule has 206 valence electrons. The minimum Gasteiger partial charge on any atom is -0.278 e. The Kier molecular flexibility index (Phi) is 7.79. The number of aryl methyl sites for hydroxylation is 1. The Bertz CT molecular complexity index is 1800. The fraction of sp³-hybridized carbons (Fsp3) is 0.188. The van der Waals surface area contributed by atoms with Gasteiger partial charge in [-0.15, -0.1) is 11.3 Å². The molecule has 3 heterocycles. The van der Waals surface area contributed by atoms with Crippen molar-refractivity contribution >= 4 is 56.7 Å². The number of likely N-dealkylation sites (tertiary alicyclic amines) is 1. The zero-order chi connectivity index (χ0) is 28.5. The maximum absolute atomic E-state index is 14.3. The summed E-state index contributed by atoms with van der Waals surface area (Å²) in [6, 6.07) is 25.8. The van der Waals surface area contributed by atoms with Gasteiger partial charge in [-0.2, -0.15) is 0 Å². The minimum atomic E-state index is -0.567. The summed E-state index contributed by atoms with van der Waals surface area (Å²) >= 11 is 8.75. The molecular weight excluding hydrogens is 574 g/mol. The normalized spacial score (nSPS) is 15.7. The maximum Gasteiger partial charge on any atom is 0.268 e. The largest absolute Gasteiger partial charge is 0.278 e. The van der Waals surface area contributed by atoms with Crippen molar-refractivity contribution in [3.8, 4) is 16.8 Å². The number of hydrogen-bond acceptors (Lipinski definition) is 6. The topological polar surface area (TPSA) is 72.3 Å². The average molecular weight is 600 g/mol. The lowest BCUT2D eigenvalue weighted by Crippen LogP contribution is -2.41. The first-order chi connectivity index (χ1) is 19.9. The molecular formula is C32H26ClN3O3S2. The highest BCUT2D eigenvalue weighted by atomic mass is 35.5. The second-order valence-electron chi connectivity index (χ2n) is 9.85. The van der Waals surface area contributed by atoms with Crippen molar-refractivity contribution in [2.75, 3.05) is 6.54 Å². The SMILES string of the molecule is Cc1sc2nc(SC3CCCCN(C(=O)c4ccc(Cl)cc4)C3=O)n(-c3ccccc3)c(=O)c2c1-c1ccccc1. The number of fused-ring (bicyclic) bond motifs is 1. The van der Waals surface area contributed by atoms with Crippen LogP contribution in [0.5, 0.6) is 0 Å². The summed E-state index contributed by atoms with van der Waals surface area (Å²) in [4.78, 5) is 49.4.